The first-order valence-corrected chi connectivity index (χ1v) is 18.6. The molecule has 0 spiro atoms. The second kappa shape index (κ2) is 13.6. The van der Waals surface area contributed by atoms with E-state index >= 15 is 0 Å². The fourth-order valence-electron chi connectivity index (χ4n) is 8.86. The minimum absolute atomic E-state index is 0.279. The molecule has 1 aromatic heterocycles. The molecule has 1 heterocycles. The van der Waals surface area contributed by atoms with Gasteiger partial charge in [-0.15, -0.1) is 0 Å². The zero-order valence-corrected chi connectivity index (χ0v) is 29.9. The van der Waals surface area contributed by atoms with E-state index in [-0.39, 0.29) is 11.3 Å². The van der Waals surface area contributed by atoms with Crippen LogP contribution in [0.5, 0.6) is 0 Å². The minimum Gasteiger partial charge on any atom is -0.454 e. The Labute approximate surface area is 312 Å². The molecule has 256 valence electrons. The molecule has 0 N–H and O–H groups in total. The number of allylic oxidation sites excluding steroid dienone is 8. The number of para-hydroxylation sites is 2. The number of benzene rings is 6. The van der Waals surface area contributed by atoms with E-state index in [9.17, 15) is 0 Å². The fraction of sp³-hybridized carbons (Fsp3) is 0.0980. The van der Waals surface area contributed by atoms with Crippen LogP contribution >= 0.6 is 0 Å². The van der Waals surface area contributed by atoms with Gasteiger partial charge in [0.1, 0.15) is 5.58 Å². The van der Waals surface area contributed by atoms with E-state index in [4.69, 9.17) is 4.42 Å². The Bertz CT molecular complexity index is 2570. The van der Waals surface area contributed by atoms with Crippen molar-refractivity contribution in [2.75, 3.05) is 4.90 Å². The van der Waals surface area contributed by atoms with E-state index in [1.165, 1.54) is 27.8 Å². The second-order valence-electron chi connectivity index (χ2n) is 14.0. The highest BCUT2D eigenvalue weighted by Crippen LogP contribution is 2.56. The van der Waals surface area contributed by atoms with Crippen LogP contribution < -0.4 is 4.90 Å². The Hall–Kier alpha value is -6.38. The molecule has 0 saturated carbocycles. The van der Waals surface area contributed by atoms with Crippen LogP contribution in [0.1, 0.15) is 47.1 Å². The van der Waals surface area contributed by atoms with Gasteiger partial charge in [0.2, 0.25) is 0 Å². The predicted molar refractivity (Wildman–Crippen MR) is 223 cm³/mol. The second-order valence-corrected chi connectivity index (χ2v) is 14.0. The molecular formula is C51H41NO. The zero-order chi connectivity index (χ0) is 35.8. The van der Waals surface area contributed by atoms with Crippen molar-refractivity contribution in [3.63, 3.8) is 0 Å². The van der Waals surface area contributed by atoms with Crippen LogP contribution in [-0.2, 0) is 5.41 Å². The number of anilines is 2. The maximum absolute atomic E-state index is 6.61. The van der Waals surface area contributed by atoms with E-state index in [2.05, 4.69) is 194 Å². The van der Waals surface area contributed by atoms with Gasteiger partial charge in [-0.3, -0.25) is 0 Å². The number of hydrogen-bond acceptors (Lipinski definition) is 2. The summed E-state index contributed by atoms with van der Waals surface area (Å²) in [7, 11) is 0. The summed E-state index contributed by atoms with van der Waals surface area (Å²) in [5, 5.41) is 2.19. The lowest BCUT2D eigenvalue weighted by Gasteiger charge is -2.47. The van der Waals surface area contributed by atoms with Crippen LogP contribution in [0.25, 0.3) is 27.5 Å². The third-order valence-corrected chi connectivity index (χ3v) is 11.2. The van der Waals surface area contributed by atoms with Crippen LogP contribution in [0.3, 0.4) is 0 Å². The fourth-order valence-corrected chi connectivity index (χ4v) is 8.86. The number of rotatable bonds is 8. The Kier molecular flexibility index (Phi) is 8.37. The summed E-state index contributed by atoms with van der Waals surface area (Å²) < 4.78 is 6.61. The number of hydrogen-bond donors (Lipinski definition) is 0. The molecule has 53 heavy (non-hydrogen) atoms. The van der Waals surface area contributed by atoms with Crippen molar-refractivity contribution >= 4 is 38.9 Å². The van der Waals surface area contributed by atoms with Crippen LogP contribution in [0, 0.1) is 5.92 Å². The van der Waals surface area contributed by atoms with E-state index < -0.39 is 0 Å². The standard InChI is InChI=1S/C51H41NO/c1-3-37(38-17-6-4-7-18-38)30-29-36(2)52(48-27-16-25-46-45-24-13-15-28-49(45)53-50(46)48)43-33-31-41(32-34-43)51(40-20-8-5-9-21-40)42-22-11-10-19-39(35-42)44-23-12-14-26-47(44)51/h3-34,39,42H,2,35H2,1H3/b30-29-,37-3+. The highest BCUT2D eigenvalue weighted by molar-refractivity contribution is 6.09. The third kappa shape index (κ3) is 5.50. The number of nitrogens with zero attached hydrogens (tertiary/aromatic N) is 1. The smallest absolute Gasteiger partial charge is 0.159 e. The van der Waals surface area contributed by atoms with Crippen LogP contribution in [0.15, 0.2) is 211 Å². The van der Waals surface area contributed by atoms with Crippen LogP contribution in [0.2, 0.25) is 0 Å². The Balaban J connectivity index is 1.21. The van der Waals surface area contributed by atoms with E-state index in [1.807, 2.05) is 18.2 Å². The summed E-state index contributed by atoms with van der Waals surface area (Å²) in [5.74, 6) is 0.663. The summed E-state index contributed by atoms with van der Waals surface area (Å²) in [4.78, 5) is 2.23. The summed E-state index contributed by atoms with van der Waals surface area (Å²) >= 11 is 0. The molecule has 0 aliphatic heterocycles. The molecule has 2 bridgehead atoms. The first-order chi connectivity index (χ1) is 26.2. The van der Waals surface area contributed by atoms with Gasteiger partial charge in [-0.2, -0.15) is 0 Å². The van der Waals surface area contributed by atoms with E-state index in [1.54, 1.807) is 0 Å². The molecule has 7 aromatic rings. The highest BCUT2D eigenvalue weighted by Gasteiger charge is 2.48. The molecule has 0 amide bonds. The van der Waals surface area contributed by atoms with Gasteiger partial charge in [-0.05, 0) is 83.0 Å². The molecule has 2 aliphatic rings. The van der Waals surface area contributed by atoms with Crippen molar-refractivity contribution in [1.82, 2.24) is 0 Å². The van der Waals surface area contributed by atoms with Gasteiger partial charge in [0.15, 0.2) is 5.58 Å². The lowest BCUT2D eigenvalue weighted by molar-refractivity contribution is 0.376. The van der Waals surface area contributed by atoms with Crippen molar-refractivity contribution in [1.29, 1.82) is 0 Å². The number of furan rings is 1. The van der Waals surface area contributed by atoms with Crippen molar-refractivity contribution < 1.29 is 4.42 Å². The van der Waals surface area contributed by atoms with Crippen LogP contribution in [0.4, 0.5) is 11.4 Å². The van der Waals surface area contributed by atoms with Crippen molar-refractivity contribution in [3.05, 3.63) is 234 Å². The van der Waals surface area contributed by atoms with Crippen LogP contribution in [-0.4, -0.2) is 0 Å². The van der Waals surface area contributed by atoms with Crippen molar-refractivity contribution in [2.24, 2.45) is 5.92 Å². The average Bonchev–Trinajstić information content (AvgIpc) is 3.46. The topological polar surface area (TPSA) is 16.4 Å². The number of fused-ring (bicyclic) bond motifs is 7. The average molecular weight is 684 g/mol. The Morgan fingerprint density at radius 1 is 0.679 bits per heavy atom. The Morgan fingerprint density at radius 3 is 2.17 bits per heavy atom. The SMILES string of the molecule is C=C(/C=C\C(=C/C)c1ccccc1)N(c1ccc(C2(c3ccccc3)c3ccccc3C3C=CC=CC2C3)cc1)c1cccc2c1oc1ccccc12. The molecule has 2 aliphatic carbocycles. The summed E-state index contributed by atoms with van der Waals surface area (Å²) in [6.07, 6.45) is 16.8. The largest absolute Gasteiger partial charge is 0.454 e. The molecule has 0 fully saturated rings. The Morgan fingerprint density at radius 2 is 1.36 bits per heavy atom. The van der Waals surface area contributed by atoms with Gasteiger partial charge in [-0.1, -0.05) is 170 Å². The van der Waals surface area contributed by atoms with Crippen molar-refractivity contribution in [3.8, 4) is 0 Å². The maximum atomic E-state index is 6.61. The first-order valence-electron chi connectivity index (χ1n) is 18.6. The molecule has 2 nitrogen and oxygen atoms in total. The van der Waals surface area contributed by atoms with E-state index in [0.29, 0.717) is 5.92 Å². The molecule has 2 heteroatoms. The van der Waals surface area contributed by atoms with Gasteiger partial charge in [0, 0.05) is 28.1 Å². The zero-order valence-electron chi connectivity index (χ0n) is 29.9. The van der Waals surface area contributed by atoms with Gasteiger partial charge in [-0.25, -0.2) is 0 Å². The maximum Gasteiger partial charge on any atom is 0.159 e. The van der Waals surface area contributed by atoms with E-state index in [0.717, 1.165) is 51.0 Å². The molecule has 0 radical (unpaired) electrons. The van der Waals surface area contributed by atoms with Gasteiger partial charge < -0.3 is 9.32 Å². The molecule has 3 atom stereocenters. The molecule has 9 rings (SSSR count). The lowest BCUT2D eigenvalue weighted by atomic mass is 9.55. The minimum atomic E-state index is -0.355. The summed E-state index contributed by atoms with van der Waals surface area (Å²) in [6, 6.07) is 54.5. The first kappa shape index (κ1) is 32.5. The van der Waals surface area contributed by atoms with Gasteiger partial charge in [0.25, 0.3) is 0 Å². The summed E-state index contributed by atoms with van der Waals surface area (Å²) in [6.45, 7) is 6.76. The van der Waals surface area contributed by atoms with Gasteiger partial charge in [0.05, 0.1) is 11.1 Å². The molecule has 3 unspecified atom stereocenters. The summed E-state index contributed by atoms with van der Waals surface area (Å²) in [5.41, 5.74) is 11.8. The van der Waals surface area contributed by atoms with Gasteiger partial charge >= 0.3 is 0 Å². The molecular weight excluding hydrogens is 643 g/mol. The quantitative estimate of drug-likeness (QED) is 0.148. The van der Waals surface area contributed by atoms with Crippen molar-refractivity contribution in [2.45, 2.75) is 24.7 Å². The lowest BCUT2D eigenvalue weighted by Crippen LogP contribution is -2.41. The normalized spacial score (nSPS) is 19.4. The highest BCUT2D eigenvalue weighted by atomic mass is 16.3. The third-order valence-electron chi connectivity index (χ3n) is 11.2. The molecule has 0 saturated heterocycles. The molecule has 6 aromatic carbocycles. The predicted octanol–water partition coefficient (Wildman–Crippen LogP) is 13.5. The monoisotopic (exact) mass is 683 g/mol.